The number of hydrogen-bond donors (Lipinski definition) is 0. The molecule has 0 aliphatic rings. The molecule has 28 heavy (non-hydrogen) atoms. The van der Waals surface area contributed by atoms with Crippen LogP contribution in [0.15, 0.2) is 89.7 Å². The third-order valence-electron chi connectivity index (χ3n) is 5.19. The van der Waals surface area contributed by atoms with Crippen molar-refractivity contribution < 1.29 is 0 Å². The van der Waals surface area contributed by atoms with Gasteiger partial charge in [-0.3, -0.25) is 9.20 Å². The van der Waals surface area contributed by atoms with Crippen LogP contribution in [0.3, 0.4) is 0 Å². The van der Waals surface area contributed by atoms with E-state index < -0.39 is 0 Å². The fourth-order valence-corrected chi connectivity index (χ4v) is 5.03. The maximum absolute atomic E-state index is 13.5. The van der Waals surface area contributed by atoms with E-state index in [1.165, 1.54) is 0 Å². The third-order valence-corrected chi connectivity index (χ3v) is 6.36. The molecule has 0 fully saturated rings. The molecule has 3 aromatic heterocycles. The minimum Gasteiger partial charge on any atom is -0.267 e. The first kappa shape index (κ1) is 15.5. The predicted molar refractivity (Wildman–Crippen MR) is 116 cm³/mol. The van der Waals surface area contributed by atoms with Crippen molar-refractivity contribution in [1.29, 1.82) is 0 Å². The Hall–Kier alpha value is -3.50. The molecule has 6 rings (SSSR count). The van der Waals surface area contributed by atoms with Crippen molar-refractivity contribution in [3.05, 3.63) is 95.3 Å². The van der Waals surface area contributed by atoms with Crippen LogP contribution >= 0.6 is 11.3 Å². The first-order valence-electron chi connectivity index (χ1n) is 9.12. The second-order valence-corrected chi connectivity index (χ2v) is 7.89. The third kappa shape index (κ3) is 2.09. The number of benzene rings is 3. The quantitative estimate of drug-likeness (QED) is 0.380. The molecule has 0 unspecified atom stereocenters. The van der Waals surface area contributed by atoms with Crippen molar-refractivity contribution >= 4 is 37.8 Å². The van der Waals surface area contributed by atoms with Gasteiger partial charge in [0.05, 0.1) is 11.0 Å². The Balaban J connectivity index is 1.78. The van der Waals surface area contributed by atoms with Crippen LogP contribution in [0.1, 0.15) is 0 Å². The predicted octanol–water partition coefficient (Wildman–Crippen LogP) is 5.83. The van der Waals surface area contributed by atoms with Crippen LogP contribution in [-0.4, -0.2) is 9.38 Å². The number of rotatable bonds is 2. The maximum atomic E-state index is 13.5. The summed E-state index contributed by atoms with van der Waals surface area (Å²) >= 11 is 1.55. The minimum atomic E-state index is 0.00207. The van der Waals surface area contributed by atoms with Gasteiger partial charge < -0.3 is 0 Å². The Bertz CT molecular complexity index is 1520. The zero-order valence-electron chi connectivity index (χ0n) is 14.8. The van der Waals surface area contributed by atoms with Crippen LogP contribution in [0, 0.1) is 0 Å². The Morgan fingerprint density at radius 2 is 1.46 bits per heavy atom. The second-order valence-electron chi connectivity index (χ2n) is 6.83. The highest BCUT2D eigenvalue weighted by molar-refractivity contribution is 7.22. The molecule has 0 N–H and O–H groups in total. The lowest BCUT2D eigenvalue weighted by molar-refractivity contribution is 1.13. The van der Waals surface area contributed by atoms with E-state index in [0.29, 0.717) is 5.82 Å². The van der Waals surface area contributed by atoms with Gasteiger partial charge in [0.25, 0.3) is 5.56 Å². The first-order chi connectivity index (χ1) is 13.8. The van der Waals surface area contributed by atoms with Gasteiger partial charge in [-0.15, -0.1) is 11.3 Å². The zero-order chi connectivity index (χ0) is 18.7. The van der Waals surface area contributed by atoms with Gasteiger partial charge in [0.1, 0.15) is 10.5 Å². The molecule has 6 aromatic rings. The number of para-hydroxylation sites is 1. The first-order valence-corrected chi connectivity index (χ1v) is 9.94. The van der Waals surface area contributed by atoms with E-state index in [9.17, 15) is 4.79 Å². The molecule has 0 amide bonds. The molecule has 132 valence electrons. The number of fused-ring (bicyclic) bond motifs is 2. The van der Waals surface area contributed by atoms with Crippen molar-refractivity contribution in [3.8, 4) is 21.8 Å². The molecule has 0 aliphatic carbocycles. The highest BCUT2D eigenvalue weighted by Gasteiger charge is 2.20. The monoisotopic (exact) mass is 378 g/mol. The van der Waals surface area contributed by atoms with E-state index in [-0.39, 0.29) is 5.56 Å². The van der Waals surface area contributed by atoms with Gasteiger partial charge in [0.15, 0.2) is 0 Å². The average Bonchev–Trinajstić information content (AvgIpc) is 3.37. The Labute approximate surface area is 164 Å². The van der Waals surface area contributed by atoms with E-state index in [1.807, 2.05) is 60.7 Å². The van der Waals surface area contributed by atoms with E-state index in [2.05, 4.69) is 24.3 Å². The van der Waals surface area contributed by atoms with Crippen molar-refractivity contribution in [2.24, 2.45) is 0 Å². The van der Waals surface area contributed by atoms with Gasteiger partial charge in [-0.2, -0.15) is 0 Å². The van der Waals surface area contributed by atoms with Crippen LogP contribution in [-0.2, 0) is 0 Å². The fourth-order valence-electron chi connectivity index (χ4n) is 3.92. The normalized spacial score (nSPS) is 11.7. The van der Waals surface area contributed by atoms with Crippen molar-refractivity contribution in [2.75, 3.05) is 0 Å². The summed E-state index contributed by atoms with van der Waals surface area (Å²) in [6, 6.07) is 28.4. The summed E-state index contributed by atoms with van der Waals surface area (Å²) in [5.74, 6) is 0.702. The summed E-state index contributed by atoms with van der Waals surface area (Å²) < 4.78 is 2.56. The molecule has 3 heterocycles. The van der Waals surface area contributed by atoms with E-state index in [4.69, 9.17) is 4.98 Å². The number of thiophene rings is 1. The van der Waals surface area contributed by atoms with Gasteiger partial charge in [0.2, 0.25) is 0 Å². The molecule has 3 aromatic carbocycles. The summed E-state index contributed by atoms with van der Waals surface area (Å²) in [6.45, 7) is 0. The molecule has 0 spiro atoms. The maximum Gasteiger partial charge on any atom is 0.274 e. The summed E-state index contributed by atoms with van der Waals surface area (Å²) in [6.07, 6.45) is 0. The minimum absolute atomic E-state index is 0.00207. The molecule has 0 bridgehead atoms. The highest BCUT2D eigenvalue weighted by Crippen LogP contribution is 2.37. The molecule has 0 radical (unpaired) electrons. The Morgan fingerprint density at radius 3 is 2.21 bits per heavy atom. The fraction of sp³-hybridized carbons (Fsp3) is 0. The SMILES string of the molecule is O=c1c2sc(-c3ccccc3)cc2c2cccc3nc(-c4ccccc4)n1c32. The molecule has 4 heteroatoms. The molecule has 0 saturated heterocycles. The number of aromatic nitrogens is 2. The van der Waals surface area contributed by atoms with E-state index in [1.54, 1.807) is 15.7 Å². The molecule has 0 atom stereocenters. The number of pyridine rings is 1. The van der Waals surface area contributed by atoms with Crippen LogP contribution in [0.25, 0.3) is 48.3 Å². The summed E-state index contributed by atoms with van der Waals surface area (Å²) in [5, 5.41) is 2.08. The number of imidazole rings is 1. The summed E-state index contributed by atoms with van der Waals surface area (Å²) in [7, 11) is 0. The van der Waals surface area contributed by atoms with Gasteiger partial charge in [-0.05, 0) is 17.7 Å². The van der Waals surface area contributed by atoms with Crippen molar-refractivity contribution in [1.82, 2.24) is 9.38 Å². The second kappa shape index (κ2) is 5.75. The highest BCUT2D eigenvalue weighted by atomic mass is 32.1. The number of nitrogens with zero attached hydrogens (tertiary/aromatic N) is 2. The molecular weight excluding hydrogens is 364 g/mol. The van der Waals surface area contributed by atoms with E-state index in [0.717, 1.165) is 42.5 Å². The lowest BCUT2D eigenvalue weighted by Gasteiger charge is -2.03. The summed E-state index contributed by atoms with van der Waals surface area (Å²) in [5.41, 5.74) is 3.83. The smallest absolute Gasteiger partial charge is 0.267 e. The zero-order valence-corrected chi connectivity index (χ0v) is 15.6. The lowest BCUT2D eigenvalue weighted by Crippen LogP contribution is -2.12. The average molecular weight is 378 g/mol. The van der Waals surface area contributed by atoms with E-state index >= 15 is 0 Å². The lowest BCUT2D eigenvalue weighted by atomic mass is 10.1. The molecule has 0 aliphatic heterocycles. The Morgan fingerprint density at radius 1 is 0.750 bits per heavy atom. The summed E-state index contributed by atoms with van der Waals surface area (Å²) in [4.78, 5) is 19.4. The number of hydrogen-bond acceptors (Lipinski definition) is 3. The Kier molecular flexibility index (Phi) is 3.19. The van der Waals surface area contributed by atoms with Crippen molar-refractivity contribution in [2.45, 2.75) is 0 Å². The van der Waals surface area contributed by atoms with Gasteiger partial charge >= 0.3 is 0 Å². The van der Waals surface area contributed by atoms with Crippen LogP contribution < -0.4 is 5.56 Å². The molecular formula is C24H14N2OS. The largest absolute Gasteiger partial charge is 0.274 e. The molecule has 0 saturated carbocycles. The van der Waals surface area contributed by atoms with Crippen LogP contribution in [0.5, 0.6) is 0 Å². The van der Waals surface area contributed by atoms with Crippen molar-refractivity contribution in [3.63, 3.8) is 0 Å². The standard InChI is InChI=1S/C24H14N2OS/c27-24-22-18(14-20(28-22)15-8-3-1-4-9-15)17-12-7-13-19-21(17)26(24)23(25-19)16-10-5-2-6-11-16/h1-14H. The van der Waals surface area contributed by atoms with Crippen LogP contribution in [0.4, 0.5) is 0 Å². The van der Waals surface area contributed by atoms with Gasteiger partial charge in [-0.25, -0.2) is 4.98 Å². The van der Waals surface area contributed by atoms with Gasteiger partial charge in [-0.1, -0.05) is 72.8 Å². The van der Waals surface area contributed by atoms with Crippen LogP contribution in [0.2, 0.25) is 0 Å². The van der Waals surface area contributed by atoms with Gasteiger partial charge in [0, 0.05) is 21.2 Å². The topological polar surface area (TPSA) is 34.4 Å². The molecule has 3 nitrogen and oxygen atoms in total.